The predicted octanol–water partition coefficient (Wildman–Crippen LogP) is 4.34. The molecule has 0 saturated carbocycles. The smallest absolute Gasteiger partial charge is 0.306 e. The maximum Gasteiger partial charge on any atom is 0.324 e. The molecule has 1 aromatic carbocycles. The van der Waals surface area contributed by atoms with E-state index < -0.39 is 6.03 Å². The standard InChI is InChI=1S/C13H11Cl2N3O/c1-8-3-2-4-12(16-8)18-13(19)17-11-6-5-9(14)7-10(11)15/h2-7H,1H3,(H2,16,17,18,19). The number of urea groups is 1. The lowest BCUT2D eigenvalue weighted by molar-refractivity contribution is 0.262. The fraction of sp³-hybridized carbons (Fsp3) is 0.0769. The minimum atomic E-state index is -0.415. The van der Waals surface area contributed by atoms with Crippen molar-refractivity contribution in [1.82, 2.24) is 4.98 Å². The minimum Gasteiger partial charge on any atom is -0.306 e. The normalized spacial score (nSPS) is 10.1. The van der Waals surface area contributed by atoms with Crippen molar-refractivity contribution in [3.63, 3.8) is 0 Å². The molecule has 0 atom stereocenters. The Morgan fingerprint density at radius 2 is 1.95 bits per heavy atom. The van der Waals surface area contributed by atoms with Crippen LogP contribution in [0.5, 0.6) is 0 Å². The van der Waals surface area contributed by atoms with Gasteiger partial charge < -0.3 is 5.32 Å². The van der Waals surface area contributed by atoms with Crippen molar-refractivity contribution in [3.8, 4) is 0 Å². The first-order valence-electron chi connectivity index (χ1n) is 5.51. The molecule has 2 rings (SSSR count). The van der Waals surface area contributed by atoms with Gasteiger partial charge in [-0.1, -0.05) is 29.3 Å². The monoisotopic (exact) mass is 295 g/mol. The van der Waals surface area contributed by atoms with Crippen molar-refractivity contribution in [2.45, 2.75) is 6.92 Å². The number of anilines is 2. The maximum atomic E-state index is 11.8. The van der Waals surface area contributed by atoms with Gasteiger partial charge in [0, 0.05) is 10.7 Å². The van der Waals surface area contributed by atoms with Crippen molar-refractivity contribution in [2.75, 3.05) is 10.6 Å². The number of nitrogens with zero attached hydrogens (tertiary/aromatic N) is 1. The topological polar surface area (TPSA) is 54.0 Å². The first-order valence-corrected chi connectivity index (χ1v) is 6.27. The Labute approximate surface area is 120 Å². The third-order valence-corrected chi connectivity index (χ3v) is 2.86. The molecular weight excluding hydrogens is 285 g/mol. The molecule has 0 aliphatic heterocycles. The Morgan fingerprint density at radius 1 is 1.16 bits per heavy atom. The van der Waals surface area contributed by atoms with E-state index in [1.807, 2.05) is 19.1 Å². The molecule has 0 aliphatic rings. The molecule has 1 aromatic heterocycles. The molecule has 0 spiro atoms. The van der Waals surface area contributed by atoms with E-state index >= 15 is 0 Å². The summed E-state index contributed by atoms with van der Waals surface area (Å²) in [6, 6.07) is 9.79. The number of carbonyl (C=O) groups excluding carboxylic acids is 1. The van der Waals surface area contributed by atoms with Crippen LogP contribution in [-0.4, -0.2) is 11.0 Å². The van der Waals surface area contributed by atoms with Gasteiger partial charge in [-0.25, -0.2) is 9.78 Å². The van der Waals surface area contributed by atoms with Gasteiger partial charge in [-0.05, 0) is 37.3 Å². The Hall–Kier alpha value is -1.78. The van der Waals surface area contributed by atoms with E-state index in [0.29, 0.717) is 21.6 Å². The number of hydrogen-bond donors (Lipinski definition) is 2. The molecule has 2 aromatic rings. The van der Waals surface area contributed by atoms with Crippen LogP contribution in [0.2, 0.25) is 10.0 Å². The highest BCUT2D eigenvalue weighted by Gasteiger charge is 2.07. The number of amides is 2. The molecule has 0 aliphatic carbocycles. The Balaban J connectivity index is 2.05. The van der Waals surface area contributed by atoms with Crippen molar-refractivity contribution in [1.29, 1.82) is 0 Å². The van der Waals surface area contributed by atoms with Gasteiger partial charge in [-0.3, -0.25) is 5.32 Å². The number of rotatable bonds is 2. The minimum absolute atomic E-state index is 0.375. The summed E-state index contributed by atoms with van der Waals surface area (Å²) in [7, 11) is 0. The lowest BCUT2D eigenvalue weighted by atomic mass is 10.3. The lowest BCUT2D eigenvalue weighted by Crippen LogP contribution is -2.20. The Morgan fingerprint density at radius 3 is 2.63 bits per heavy atom. The molecule has 6 heteroatoms. The van der Waals surface area contributed by atoms with E-state index in [1.165, 1.54) is 0 Å². The molecule has 0 radical (unpaired) electrons. The van der Waals surface area contributed by atoms with Gasteiger partial charge in [-0.2, -0.15) is 0 Å². The summed E-state index contributed by atoms with van der Waals surface area (Å²) in [5.74, 6) is 0.475. The SMILES string of the molecule is Cc1cccc(NC(=O)Nc2ccc(Cl)cc2Cl)n1. The molecule has 0 saturated heterocycles. The van der Waals surface area contributed by atoms with Crippen LogP contribution in [0, 0.1) is 6.92 Å². The Bertz CT molecular complexity index is 617. The lowest BCUT2D eigenvalue weighted by Gasteiger charge is -2.09. The second-order valence-electron chi connectivity index (χ2n) is 3.87. The van der Waals surface area contributed by atoms with Crippen molar-refractivity contribution < 1.29 is 4.79 Å². The van der Waals surface area contributed by atoms with Gasteiger partial charge in [0.05, 0.1) is 10.7 Å². The summed E-state index contributed by atoms with van der Waals surface area (Å²) < 4.78 is 0. The summed E-state index contributed by atoms with van der Waals surface area (Å²) in [5.41, 5.74) is 1.30. The van der Waals surface area contributed by atoms with Crippen LogP contribution < -0.4 is 10.6 Å². The molecule has 2 amide bonds. The second kappa shape index (κ2) is 5.91. The van der Waals surface area contributed by atoms with Gasteiger partial charge in [0.1, 0.15) is 5.82 Å². The summed E-state index contributed by atoms with van der Waals surface area (Å²) in [6.07, 6.45) is 0. The second-order valence-corrected chi connectivity index (χ2v) is 4.71. The third kappa shape index (κ3) is 3.84. The van der Waals surface area contributed by atoms with E-state index in [0.717, 1.165) is 5.69 Å². The van der Waals surface area contributed by atoms with Crippen LogP contribution in [0.1, 0.15) is 5.69 Å². The maximum absolute atomic E-state index is 11.8. The van der Waals surface area contributed by atoms with Crippen LogP contribution in [0.25, 0.3) is 0 Å². The van der Waals surface area contributed by atoms with Crippen molar-refractivity contribution >= 4 is 40.7 Å². The largest absolute Gasteiger partial charge is 0.324 e. The van der Waals surface area contributed by atoms with E-state index in [-0.39, 0.29) is 0 Å². The van der Waals surface area contributed by atoms with E-state index in [4.69, 9.17) is 23.2 Å². The van der Waals surface area contributed by atoms with Gasteiger partial charge in [-0.15, -0.1) is 0 Å². The molecule has 4 nitrogen and oxygen atoms in total. The van der Waals surface area contributed by atoms with Crippen LogP contribution in [0.4, 0.5) is 16.3 Å². The fourth-order valence-corrected chi connectivity index (χ4v) is 1.93. The highest BCUT2D eigenvalue weighted by molar-refractivity contribution is 6.36. The average molecular weight is 296 g/mol. The van der Waals surface area contributed by atoms with Crippen molar-refractivity contribution in [2.24, 2.45) is 0 Å². The first kappa shape index (κ1) is 13.6. The van der Waals surface area contributed by atoms with E-state index in [1.54, 1.807) is 24.3 Å². The molecule has 1 heterocycles. The van der Waals surface area contributed by atoms with E-state index in [9.17, 15) is 4.79 Å². The number of carbonyl (C=O) groups is 1. The first-order chi connectivity index (χ1) is 9.04. The molecule has 2 N–H and O–H groups in total. The van der Waals surface area contributed by atoms with Gasteiger partial charge in [0.25, 0.3) is 0 Å². The summed E-state index contributed by atoms with van der Waals surface area (Å²) in [4.78, 5) is 15.9. The third-order valence-electron chi connectivity index (χ3n) is 2.31. The molecule has 19 heavy (non-hydrogen) atoms. The number of halogens is 2. The van der Waals surface area contributed by atoms with Crippen LogP contribution in [0.15, 0.2) is 36.4 Å². The number of hydrogen-bond acceptors (Lipinski definition) is 2. The quantitative estimate of drug-likeness (QED) is 0.866. The number of aromatic nitrogens is 1. The van der Waals surface area contributed by atoms with Crippen LogP contribution in [-0.2, 0) is 0 Å². The molecule has 98 valence electrons. The number of nitrogens with one attached hydrogen (secondary N) is 2. The zero-order valence-electron chi connectivity index (χ0n) is 10.1. The van der Waals surface area contributed by atoms with Crippen LogP contribution in [0.3, 0.4) is 0 Å². The fourth-order valence-electron chi connectivity index (χ4n) is 1.47. The van der Waals surface area contributed by atoms with Crippen LogP contribution >= 0.6 is 23.2 Å². The van der Waals surface area contributed by atoms with Gasteiger partial charge in [0.15, 0.2) is 0 Å². The number of aryl methyl sites for hydroxylation is 1. The average Bonchev–Trinajstić information content (AvgIpc) is 2.33. The molecule has 0 fully saturated rings. The zero-order valence-corrected chi connectivity index (χ0v) is 11.6. The highest BCUT2D eigenvalue weighted by Crippen LogP contribution is 2.25. The number of benzene rings is 1. The summed E-state index contributed by atoms with van der Waals surface area (Å²) >= 11 is 11.7. The predicted molar refractivity (Wildman–Crippen MR) is 78.1 cm³/mol. The molecular formula is C13H11Cl2N3O. The molecule has 0 bridgehead atoms. The van der Waals surface area contributed by atoms with Gasteiger partial charge in [0.2, 0.25) is 0 Å². The summed E-state index contributed by atoms with van der Waals surface area (Å²) in [6.45, 7) is 1.85. The van der Waals surface area contributed by atoms with E-state index in [2.05, 4.69) is 15.6 Å². The Kier molecular flexibility index (Phi) is 4.24. The molecule has 0 unspecified atom stereocenters. The van der Waals surface area contributed by atoms with Crippen molar-refractivity contribution in [3.05, 3.63) is 52.1 Å². The zero-order chi connectivity index (χ0) is 13.8. The highest BCUT2D eigenvalue weighted by atomic mass is 35.5. The van der Waals surface area contributed by atoms with Gasteiger partial charge >= 0.3 is 6.03 Å². The summed E-state index contributed by atoms with van der Waals surface area (Å²) in [5, 5.41) is 6.13. The number of pyridine rings is 1.